The minimum atomic E-state index is -0.483. The molecule has 0 aliphatic carbocycles. The average Bonchev–Trinajstić information content (AvgIpc) is 2.87. The number of nitrogens with one attached hydrogen (secondary N) is 1. The fourth-order valence-electron chi connectivity index (χ4n) is 4.43. The Balaban J connectivity index is 1.58. The number of nitrogens with zero attached hydrogens (tertiary/aromatic N) is 1. The van der Waals surface area contributed by atoms with Gasteiger partial charge in [0.05, 0.1) is 16.5 Å². The fourth-order valence-corrected chi connectivity index (χ4v) is 4.43. The molecule has 0 unspecified atom stereocenters. The van der Waals surface area contributed by atoms with Gasteiger partial charge in [-0.25, -0.2) is 4.79 Å². The summed E-state index contributed by atoms with van der Waals surface area (Å²) in [5.74, 6) is 0. The Morgan fingerprint density at radius 1 is 0.853 bits per heavy atom. The molecule has 0 atom stereocenters. The maximum absolute atomic E-state index is 12.5. The van der Waals surface area contributed by atoms with Gasteiger partial charge in [-0.1, -0.05) is 54.6 Å². The standard InChI is InChI=1S/C29H25N3O2/c1-2-32-27-18-23(31-29(33)34-19-20-9-5-3-6-10-20)14-16-25(27)24-15-13-22(30)17-26(24)28(32)21-11-7-4-8-12-21/h3-18H,2,19,30H2,1H3/p+1. The van der Waals surface area contributed by atoms with E-state index >= 15 is 0 Å². The van der Waals surface area contributed by atoms with E-state index in [2.05, 4.69) is 35.0 Å². The molecule has 0 saturated heterocycles. The molecular formula is C29H26N3O2+. The number of hydrogen-bond acceptors (Lipinski definition) is 3. The lowest BCUT2D eigenvalue weighted by atomic mass is 9.98. The maximum Gasteiger partial charge on any atom is 0.411 e. The molecule has 0 bridgehead atoms. The van der Waals surface area contributed by atoms with Crippen molar-refractivity contribution in [3.8, 4) is 11.3 Å². The van der Waals surface area contributed by atoms with Crippen molar-refractivity contribution >= 4 is 39.1 Å². The maximum atomic E-state index is 12.5. The highest BCUT2D eigenvalue weighted by Gasteiger charge is 2.23. The summed E-state index contributed by atoms with van der Waals surface area (Å²) >= 11 is 0. The molecule has 0 fully saturated rings. The predicted octanol–water partition coefficient (Wildman–Crippen LogP) is 6.30. The van der Waals surface area contributed by atoms with E-state index in [1.165, 1.54) is 0 Å². The number of carbonyl (C=O) groups excluding carboxylic acids is 1. The third-order valence-electron chi connectivity index (χ3n) is 5.97. The minimum absolute atomic E-state index is 0.222. The van der Waals surface area contributed by atoms with Crippen molar-refractivity contribution in [3.63, 3.8) is 0 Å². The summed E-state index contributed by atoms with van der Waals surface area (Å²) in [5.41, 5.74) is 11.8. The van der Waals surface area contributed by atoms with Gasteiger partial charge in [0.25, 0.3) is 0 Å². The van der Waals surface area contributed by atoms with Gasteiger partial charge in [0, 0.05) is 22.7 Å². The summed E-state index contributed by atoms with van der Waals surface area (Å²) in [6.45, 7) is 3.10. The number of anilines is 2. The zero-order valence-electron chi connectivity index (χ0n) is 19.0. The van der Waals surface area contributed by atoms with Crippen molar-refractivity contribution in [2.45, 2.75) is 20.1 Å². The van der Waals surface area contributed by atoms with E-state index in [-0.39, 0.29) is 6.61 Å². The number of aryl methyl sites for hydroxylation is 1. The van der Waals surface area contributed by atoms with Crippen molar-refractivity contribution in [2.24, 2.45) is 0 Å². The Labute approximate surface area is 198 Å². The highest BCUT2D eigenvalue weighted by molar-refractivity contribution is 6.10. The highest BCUT2D eigenvalue weighted by Crippen LogP contribution is 2.33. The first kappa shape index (κ1) is 21.5. The average molecular weight is 449 g/mol. The molecule has 5 aromatic rings. The zero-order valence-corrected chi connectivity index (χ0v) is 19.0. The number of hydrogen-bond donors (Lipinski definition) is 2. The molecule has 34 heavy (non-hydrogen) atoms. The SMILES string of the molecule is CC[n+]1c(-c2ccccc2)c2cc(N)ccc2c2ccc(NC(=O)OCc3ccccc3)cc21. The first-order valence-corrected chi connectivity index (χ1v) is 11.4. The smallest absolute Gasteiger partial charge is 0.411 e. The van der Waals surface area contributed by atoms with Crippen molar-refractivity contribution in [1.82, 2.24) is 0 Å². The van der Waals surface area contributed by atoms with Crippen molar-refractivity contribution < 1.29 is 14.1 Å². The summed E-state index contributed by atoms with van der Waals surface area (Å²) in [4.78, 5) is 12.5. The number of amides is 1. The van der Waals surface area contributed by atoms with Gasteiger partial charge in [-0.3, -0.25) is 5.32 Å². The molecule has 0 spiro atoms. The van der Waals surface area contributed by atoms with Crippen molar-refractivity contribution in [3.05, 3.63) is 103 Å². The van der Waals surface area contributed by atoms with E-state index in [1.807, 2.05) is 78.9 Å². The Hall–Kier alpha value is -4.38. The summed E-state index contributed by atoms with van der Waals surface area (Å²) in [6.07, 6.45) is -0.483. The normalized spacial score (nSPS) is 11.0. The molecule has 0 aliphatic heterocycles. The summed E-state index contributed by atoms with van der Waals surface area (Å²) < 4.78 is 7.68. The first-order valence-electron chi connectivity index (χ1n) is 11.4. The topological polar surface area (TPSA) is 68.2 Å². The lowest BCUT2D eigenvalue weighted by molar-refractivity contribution is -0.655. The monoisotopic (exact) mass is 448 g/mol. The molecule has 0 aliphatic rings. The number of ether oxygens (including phenoxy) is 1. The van der Waals surface area contributed by atoms with Crippen LogP contribution in [0.5, 0.6) is 0 Å². The first-order chi connectivity index (χ1) is 16.6. The van der Waals surface area contributed by atoms with Gasteiger partial charge in [-0.05, 0) is 48.9 Å². The predicted molar refractivity (Wildman–Crippen MR) is 137 cm³/mol. The van der Waals surface area contributed by atoms with Crippen LogP contribution in [0.15, 0.2) is 97.1 Å². The Morgan fingerprint density at radius 2 is 1.56 bits per heavy atom. The van der Waals surface area contributed by atoms with Crippen LogP contribution in [-0.4, -0.2) is 6.09 Å². The third kappa shape index (κ3) is 4.16. The van der Waals surface area contributed by atoms with Crippen LogP contribution in [-0.2, 0) is 17.9 Å². The number of fused-ring (bicyclic) bond motifs is 3. The van der Waals surface area contributed by atoms with Gasteiger partial charge in [0.1, 0.15) is 13.2 Å². The van der Waals surface area contributed by atoms with Crippen molar-refractivity contribution in [2.75, 3.05) is 11.1 Å². The van der Waals surface area contributed by atoms with Gasteiger partial charge in [0.15, 0.2) is 0 Å². The second kappa shape index (κ2) is 9.24. The zero-order chi connectivity index (χ0) is 23.5. The molecule has 168 valence electrons. The molecule has 0 saturated carbocycles. The van der Waals surface area contributed by atoms with E-state index < -0.39 is 6.09 Å². The molecule has 1 heterocycles. The third-order valence-corrected chi connectivity index (χ3v) is 5.97. The van der Waals surface area contributed by atoms with E-state index in [4.69, 9.17) is 10.5 Å². The minimum Gasteiger partial charge on any atom is -0.444 e. The summed E-state index contributed by atoms with van der Waals surface area (Å²) in [5, 5.41) is 6.19. The van der Waals surface area contributed by atoms with Gasteiger partial charge in [-0.15, -0.1) is 0 Å². The van der Waals surface area contributed by atoms with Gasteiger partial charge >= 0.3 is 6.09 Å². The lowest BCUT2D eigenvalue weighted by Gasteiger charge is -2.13. The van der Waals surface area contributed by atoms with Crippen LogP contribution in [0.1, 0.15) is 12.5 Å². The number of nitrogens with two attached hydrogens (primary N) is 1. The molecule has 0 radical (unpaired) electrons. The van der Waals surface area contributed by atoms with Gasteiger partial charge < -0.3 is 10.5 Å². The summed E-state index contributed by atoms with van der Waals surface area (Å²) in [7, 11) is 0. The van der Waals surface area contributed by atoms with Gasteiger partial charge in [-0.2, -0.15) is 4.57 Å². The van der Waals surface area contributed by atoms with E-state index in [9.17, 15) is 4.79 Å². The van der Waals surface area contributed by atoms with Gasteiger partial charge in [0.2, 0.25) is 11.2 Å². The van der Waals surface area contributed by atoms with Crippen LogP contribution in [0.4, 0.5) is 16.2 Å². The van der Waals surface area contributed by atoms with Crippen LogP contribution >= 0.6 is 0 Å². The van der Waals surface area contributed by atoms with E-state index in [0.29, 0.717) is 5.69 Å². The Bertz CT molecular complexity index is 1480. The number of nitrogen functional groups attached to an aromatic ring is 1. The number of aromatic nitrogens is 1. The number of benzene rings is 4. The quantitative estimate of drug-likeness (QED) is 0.188. The molecule has 1 amide bonds. The highest BCUT2D eigenvalue weighted by atomic mass is 16.5. The largest absolute Gasteiger partial charge is 0.444 e. The van der Waals surface area contributed by atoms with Crippen LogP contribution < -0.4 is 15.6 Å². The van der Waals surface area contributed by atoms with Crippen molar-refractivity contribution in [1.29, 1.82) is 0 Å². The molecule has 5 rings (SSSR count). The fraction of sp³-hybridized carbons (Fsp3) is 0.103. The number of rotatable bonds is 5. The summed E-state index contributed by atoms with van der Waals surface area (Å²) in [6, 6.07) is 31.9. The molecule has 5 heteroatoms. The van der Waals surface area contributed by atoms with E-state index in [1.54, 1.807) is 0 Å². The molecule has 5 nitrogen and oxygen atoms in total. The van der Waals surface area contributed by atoms with E-state index in [0.717, 1.165) is 50.7 Å². The molecule has 3 N–H and O–H groups in total. The van der Waals surface area contributed by atoms with Crippen LogP contribution in [0, 0.1) is 0 Å². The van der Waals surface area contributed by atoms with Crippen LogP contribution in [0.2, 0.25) is 0 Å². The Morgan fingerprint density at radius 3 is 2.29 bits per heavy atom. The Kier molecular flexibility index (Phi) is 5.83. The lowest BCUT2D eigenvalue weighted by Crippen LogP contribution is -2.36. The van der Waals surface area contributed by atoms with Crippen LogP contribution in [0.25, 0.3) is 32.9 Å². The second-order valence-electron chi connectivity index (χ2n) is 8.18. The number of carbonyl (C=O) groups is 1. The molecular weight excluding hydrogens is 422 g/mol. The molecule has 1 aromatic heterocycles. The molecule has 4 aromatic carbocycles. The number of pyridine rings is 1. The second-order valence-corrected chi connectivity index (χ2v) is 8.18. The van der Waals surface area contributed by atoms with Crippen LogP contribution in [0.3, 0.4) is 0 Å².